The van der Waals surface area contributed by atoms with Crippen molar-refractivity contribution in [2.45, 2.75) is 6.10 Å². The lowest BCUT2D eigenvalue weighted by molar-refractivity contribution is -0.385. The van der Waals surface area contributed by atoms with Gasteiger partial charge in [0.2, 0.25) is 11.3 Å². The second-order valence-electron chi connectivity index (χ2n) is 4.23. The van der Waals surface area contributed by atoms with Crippen LogP contribution in [0.1, 0.15) is 11.7 Å². The second-order valence-corrected chi connectivity index (χ2v) is 4.23. The topological polar surface area (TPSA) is 150 Å². The first kappa shape index (κ1) is 13.9. The first-order valence-electron chi connectivity index (χ1n) is 5.64. The first-order chi connectivity index (χ1) is 10.00. The third-order valence-corrected chi connectivity index (χ3v) is 3.13. The van der Waals surface area contributed by atoms with E-state index in [1.807, 2.05) is 0 Å². The van der Waals surface area contributed by atoms with Crippen molar-refractivity contribution in [1.29, 1.82) is 15.8 Å². The Morgan fingerprint density at radius 3 is 2.52 bits per heavy atom. The molecule has 0 radical (unpaired) electrons. The highest BCUT2D eigenvalue weighted by Gasteiger charge is 2.53. The van der Waals surface area contributed by atoms with Crippen LogP contribution in [-0.2, 0) is 4.74 Å². The smallest absolute Gasteiger partial charge is 0.269 e. The lowest BCUT2D eigenvalue weighted by Crippen LogP contribution is -2.24. The van der Waals surface area contributed by atoms with E-state index in [-0.39, 0.29) is 22.7 Å². The van der Waals surface area contributed by atoms with Gasteiger partial charge in [-0.25, -0.2) is 0 Å². The van der Waals surface area contributed by atoms with Crippen molar-refractivity contribution in [1.82, 2.24) is 0 Å². The summed E-state index contributed by atoms with van der Waals surface area (Å²) in [6, 6.07) is 10.5. The fraction of sp³-hybridized carbons (Fsp3) is 0.154. The van der Waals surface area contributed by atoms with Gasteiger partial charge in [0.05, 0.1) is 17.1 Å². The van der Waals surface area contributed by atoms with Gasteiger partial charge in [0, 0.05) is 17.7 Å². The molecule has 0 saturated heterocycles. The fourth-order valence-electron chi connectivity index (χ4n) is 2.12. The van der Waals surface area contributed by atoms with Crippen molar-refractivity contribution >= 4 is 5.69 Å². The number of nitrogens with two attached hydrogens (primary N) is 1. The SMILES string of the molecule is N#CC1=C(N)OC(c2cccc([N+](=O)[O-])c2)C1(C#N)C#N. The average Bonchev–Trinajstić information content (AvgIpc) is 2.79. The summed E-state index contributed by atoms with van der Waals surface area (Å²) >= 11 is 0. The van der Waals surface area contributed by atoms with Crippen LogP contribution in [0, 0.1) is 49.5 Å². The van der Waals surface area contributed by atoms with Crippen LogP contribution in [0.15, 0.2) is 35.7 Å². The Kier molecular flexibility index (Phi) is 3.19. The number of nitriles is 3. The second kappa shape index (κ2) is 4.84. The van der Waals surface area contributed by atoms with E-state index < -0.39 is 16.4 Å². The highest BCUT2D eigenvalue weighted by Crippen LogP contribution is 2.49. The molecule has 0 bridgehead atoms. The van der Waals surface area contributed by atoms with Gasteiger partial charge in [0.25, 0.3) is 5.69 Å². The molecule has 2 rings (SSSR count). The van der Waals surface area contributed by atoms with E-state index in [2.05, 4.69) is 0 Å². The predicted octanol–water partition coefficient (Wildman–Crippen LogP) is 1.39. The van der Waals surface area contributed by atoms with Gasteiger partial charge in [-0.2, -0.15) is 15.8 Å². The number of hydrogen-bond donors (Lipinski definition) is 1. The molecule has 0 spiro atoms. The summed E-state index contributed by atoms with van der Waals surface area (Å²) in [6.07, 6.45) is -1.19. The summed E-state index contributed by atoms with van der Waals surface area (Å²) in [5, 5.41) is 38.5. The molecule has 0 amide bonds. The number of hydrogen-bond acceptors (Lipinski definition) is 7. The van der Waals surface area contributed by atoms with Gasteiger partial charge >= 0.3 is 0 Å². The van der Waals surface area contributed by atoms with Crippen LogP contribution in [0.3, 0.4) is 0 Å². The Hall–Kier alpha value is -3.57. The Bertz CT molecular complexity index is 764. The summed E-state index contributed by atoms with van der Waals surface area (Å²) < 4.78 is 5.25. The predicted molar refractivity (Wildman–Crippen MR) is 67.4 cm³/mol. The molecule has 1 atom stereocenters. The van der Waals surface area contributed by atoms with Crippen LogP contribution >= 0.6 is 0 Å². The average molecular weight is 281 g/mol. The van der Waals surface area contributed by atoms with Gasteiger partial charge in [-0.05, 0) is 0 Å². The summed E-state index contributed by atoms with van der Waals surface area (Å²) in [4.78, 5) is 10.2. The van der Waals surface area contributed by atoms with E-state index in [1.165, 1.54) is 24.3 Å². The normalized spacial score (nSPS) is 19.0. The molecule has 1 aliphatic rings. The molecule has 1 unspecified atom stereocenters. The van der Waals surface area contributed by atoms with Crippen molar-refractivity contribution in [3.63, 3.8) is 0 Å². The highest BCUT2D eigenvalue weighted by molar-refractivity contribution is 5.51. The molecule has 0 aliphatic carbocycles. The minimum Gasteiger partial charge on any atom is -0.467 e. The number of nitro groups is 1. The summed E-state index contributed by atoms with van der Waals surface area (Å²) in [7, 11) is 0. The maximum atomic E-state index is 10.8. The first-order valence-corrected chi connectivity index (χ1v) is 5.64. The highest BCUT2D eigenvalue weighted by atomic mass is 16.6. The third kappa shape index (κ3) is 1.90. The van der Waals surface area contributed by atoms with E-state index in [0.717, 1.165) is 0 Å². The summed E-state index contributed by atoms with van der Waals surface area (Å²) in [6.45, 7) is 0. The number of rotatable bonds is 2. The minimum atomic E-state index is -1.92. The minimum absolute atomic E-state index is 0.218. The van der Waals surface area contributed by atoms with E-state index in [1.54, 1.807) is 18.2 Å². The van der Waals surface area contributed by atoms with Crippen molar-refractivity contribution in [2.75, 3.05) is 0 Å². The molecule has 1 aromatic rings. The molecule has 8 heteroatoms. The monoisotopic (exact) mass is 281 g/mol. The standard InChI is InChI=1S/C13H7N5O3/c14-5-10-12(17)21-11(13(10,6-15)7-16)8-2-1-3-9(4-8)18(19)20/h1-4,11H,17H2. The molecule has 2 N–H and O–H groups in total. The van der Waals surface area contributed by atoms with Crippen LogP contribution in [-0.4, -0.2) is 4.92 Å². The van der Waals surface area contributed by atoms with Gasteiger partial charge in [0.1, 0.15) is 11.6 Å². The van der Waals surface area contributed by atoms with E-state index in [9.17, 15) is 20.6 Å². The molecule has 8 nitrogen and oxygen atoms in total. The zero-order chi connectivity index (χ0) is 15.6. The van der Waals surface area contributed by atoms with Crippen LogP contribution in [0.25, 0.3) is 0 Å². The molecule has 102 valence electrons. The Morgan fingerprint density at radius 2 is 2.00 bits per heavy atom. The number of benzene rings is 1. The van der Waals surface area contributed by atoms with Gasteiger partial charge in [0.15, 0.2) is 6.10 Å². The molecule has 0 aromatic heterocycles. The summed E-state index contributed by atoms with van der Waals surface area (Å²) in [5.41, 5.74) is 3.34. The number of ether oxygens (including phenoxy) is 1. The van der Waals surface area contributed by atoms with Crippen LogP contribution in [0.4, 0.5) is 5.69 Å². The Balaban J connectivity index is 2.60. The zero-order valence-corrected chi connectivity index (χ0v) is 10.5. The lowest BCUT2D eigenvalue weighted by Gasteiger charge is -2.20. The van der Waals surface area contributed by atoms with Crippen LogP contribution < -0.4 is 5.73 Å². The third-order valence-electron chi connectivity index (χ3n) is 3.13. The summed E-state index contributed by atoms with van der Waals surface area (Å²) in [5.74, 6) is -0.322. The molecule has 1 heterocycles. The van der Waals surface area contributed by atoms with Gasteiger partial charge in [-0.1, -0.05) is 12.1 Å². The van der Waals surface area contributed by atoms with Gasteiger partial charge < -0.3 is 10.5 Å². The maximum Gasteiger partial charge on any atom is 0.269 e. The van der Waals surface area contributed by atoms with Crippen molar-refractivity contribution in [3.8, 4) is 18.2 Å². The largest absolute Gasteiger partial charge is 0.467 e. The molecular weight excluding hydrogens is 274 g/mol. The quantitative estimate of drug-likeness (QED) is 0.635. The Labute approximate surface area is 119 Å². The fourth-order valence-corrected chi connectivity index (χ4v) is 2.12. The van der Waals surface area contributed by atoms with Gasteiger partial charge in [-0.3, -0.25) is 10.1 Å². The van der Waals surface area contributed by atoms with E-state index >= 15 is 0 Å². The molecule has 0 fully saturated rings. The molecule has 1 aliphatic heterocycles. The van der Waals surface area contributed by atoms with E-state index in [4.69, 9.17) is 15.7 Å². The molecule has 1 aromatic carbocycles. The number of non-ortho nitro benzene ring substituents is 1. The Morgan fingerprint density at radius 1 is 1.33 bits per heavy atom. The molecular formula is C13H7N5O3. The zero-order valence-electron chi connectivity index (χ0n) is 10.5. The van der Waals surface area contributed by atoms with Crippen LogP contribution in [0.2, 0.25) is 0 Å². The number of nitrogens with zero attached hydrogens (tertiary/aromatic N) is 4. The number of nitro benzene ring substituents is 1. The van der Waals surface area contributed by atoms with E-state index in [0.29, 0.717) is 0 Å². The van der Waals surface area contributed by atoms with Crippen molar-refractivity contribution in [3.05, 3.63) is 51.4 Å². The lowest BCUT2D eigenvalue weighted by atomic mass is 9.77. The van der Waals surface area contributed by atoms with Crippen molar-refractivity contribution < 1.29 is 9.66 Å². The van der Waals surface area contributed by atoms with Gasteiger partial charge in [-0.15, -0.1) is 0 Å². The van der Waals surface area contributed by atoms with Crippen LogP contribution in [0.5, 0.6) is 0 Å². The van der Waals surface area contributed by atoms with Crippen molar-refractivity contribution in [2.24, 2.45) is 11.1 Å². The molecule has 21 heavy (non-hydrogen) atoms. The maximum absolute atomic E-state index is 10.8. The molecule has 0 saturated carbocycles.